The molecule has 1 saturated carbocycles. The number of aromatic amines is 1. The molecule has 0 spiro atoms. The highest BCUT2D eigenvalue weighted by atomic mass is 16.2. The smallest absolute Gasteiger partial charge is 0.291 e. The Balaban J connectivity index is 1.47. The second-order valence-corrected chi connectivity index (χ2v) is 5.81. The van der Waals surface area contributed by atoms with Gasteiger partial charge in [0.05, 0.1) is 6.54 Å². The van der Waals surface area contributed by atoms with E-state index in [-0.39, 0.29) is 30.2 Å². The SMILES string of the molecule is NC(=O)CN1CCC(NC(=O)c2n[nH]c(C3CC3)n2)CC1. The molecule has 0 atom stereocenters. The molecule has 2 fully saturated rings. The molecule has 3 rings (SSSR count). The molecule has 1 saturated heterocycles. The van der Waals surface area contributed by atoms with Crippen LogP contribution in [0, 0.1) is 0 Å². The van der Waals surface area contributed by atoms with Gasteiger partial charge in [0.1, 0.15) is 5.82 Å². The molecule has 2 aliphatic rings. The van der Waals surface area contributed by atoms with Crippen molar-refractivity contribution in [3.05, 3.63) is 11.6 Å². The molecule has 1 aromatic rings. The Morgan fingerprint density at radius 1 is 1.29 bits per heavy atom. The number of aromatic nitrogens is 3. The number of nitrogens with zero attached hydrogens (tertiary/aromatic N) is 3. The van der Waals surface area contributed by atoms with Crippen molar-refractivity contribution in [3.8, 4) is 0 Å². The zero-order valence-electron chi connectivity index (χ0n) is 11.8. The number of nitrogens with one attached hydrogen (secondary N) is 2. The molecule has 8 nitrogen and oxygen atoms in total. The number of hydrogen-bond donors (Lipinski definition) is 3. The number of primary amides is 1. The Kier molecular flexibility index (Phi) is 3.87. The van der Waals surface area contributed by atoms with Crippen LogP contribution in [0.15, 0.2) is 0 Å². The minimum Gasteiger partial charge on any atom is -0.369 e. The number of hydrogen-bond acceptors (Lipinski definition) is 5. The first-order chi connectivity index (χ1) is 10.1. The predicted molar refractivity (Wildman–Crippen MR) is 74.5 cm³/mol. The van der Waals surface area contributed by atoms with E-state index >= 15 is 0 Å². The third-order valence-corrected chi connectivity index (χ3v) is 3.97. The molecule has 0 bridgehead atoms. The van der Waals surface area contributed by atoms with E-state index in [4.69, 9.17) is 5.73 Å². The molecule has 1 aromatic heterocycles. The first-order valence-corrected chi connectivity index (χ1v) is 7.35. The number of nitrogens with two attached hydrogens (primary N) is 1. The second-order valence-electron chi connectivity index (χ2n) is 5.81. The van der Waals surface area contributed by atoms with E-state index in [0.717, 1.165) is 44.6 Å². The van der Waals surface area contributed by atoms with Crippen LogP contribution in [-0.2, 0) is 4.79 Å². The number of carbonyl (C=O) groups is 2. The number of likely N-dealkylation sites (tertiary alicyclic amines) is 1. The fraction of sp³-hybridized carbons (Fsp3) is 0.692. The Labute approximate surface area is 122 Å². The molecular weight excluding hydrogens is 272 g/mol. The van der Waals surface area contributed by atoms with Crippen molar-refractivity contribution in [2.45, 2.75) is 37.6 Å². The summed E-state index contributed by atoms with van der Waals surface area (Å²) in [7, 11) is 0. The summed E-state index contributed by atoms with van der Waals surface area (Å²) in [6, 6.07) is 0.101. The van der Waals surface area contributed by atoms with Crippen molar-refractivity contribution in [3.63, 3.8) is 0 Å². The third-order valence-electron chi connectivity index (χ3n) is 3.97. The highest BCUT2D eigenvalue weighted by Crippen LogP contribution is 2.37. The molecule has 0 aromatic carbocycles. The van der Waals surface area contributed by atoms with Gasteiger partial charge in [-0.15, -0.1) is 5.10 Å². The first-order valence-electron chi connectivity index (χ1n) is 7.35. The molecular formula is C13H20N6O2. The summed E-state index contributed by atoms with van der Waals surface area (Å²) < 4.78 is 0. The minimum atomic E-state index is -0.314. The van der Waals surface area contributed by atoms with Crippen LogP contribution in [0.2, 0.25) is 0 Å². The van der Waals surface area contributed by atoms with E-state index in [9.17, 15) is 9.59 Å². The van der Waals surface area contributed by atoms with Crippen LogP contribution in [0.25, 0.3) is 0 Å². The Hall–Kier alpha value is -1.96. The molecule has 114 valence electrons. The number of rotatable bonds is 5. The standard InChI is InChI=1S/C13H20N6O2/c14-10(20)7-19-5-3-9(4-6-19)15-13(21)12-16-11(17-18-12)8-1-2-8/h8-9H,1-7H2,(H2,14,20)(H,15,21)(H,16,17,18). The summed E-state index contributed by atoms with van der Waals surface area (Å²) in [5.74, 6) is 0.946. The summed E-state index contributed by atoms with van der Waals surface area (Å²) in [5, 5.41) is 9.77. The summed E-state index contributed by atoms with van der Waals surface area (Å²) in [5.41, 5.74) is 5.18. The quantitative estimate of drug-likeness (QED) is 0.667. The Morgan fingerprint density at radius 2 is 2.00 bits per heavy atom. The van der Waals surface area contributed by atoms with Crippen LogP contribution in [0.5, 0.6) is 0 Å². The van der Waals surface area contributed by atoms with Gasteiger partial charge in [0.25, 0.3) is 5.91 Å². The number of H-pyrrole nitrogens is 1. The normalized spacial score (nSPS) is 20.4. The predicted octanol–water partition coefficient (Wildman–Crippen LogP) is -0.638. The number of piperidine rings is 1. The van der Waals surface area contributed by atoms with Crippen molar-refractivity contribution in [2.24, 2.45) is 5.73 Å². The lowest BCUT2D eigenvalue weighted by atomic mass is 10.1. The zero-order chi connectivity index (χ0) is 14.8. The Bertz CT molecular complexity index is 531. The number of carbonyl (C=O) groups excluding carboxylic acids is 2. The molecule has 8 heteroatoms. The van der Waals surface area contributed by atoms with Gasteiger partial charge < -0.3 is 11.1 Å². The summed E-state index contributed by atoms with van der Waals surface area (Å²) in [4.78, 5) is 29.2. The minimum absolute atomic E-state index is 0.101. The lowest BCUT2D eigenvalue weighted by molar-refractivity contribution is -0.119. The average molecular weight is 292 g/mol. The van der Waals surface area contributed by atoms with Crippen molar-refractivity contribution in [2.75, 3.05) is 19.6 Å². The molecule has 21 heavy (non-hydrogen) atoms. The number of amides is 2. The third kappa shape index (κ3) is 3.57. The fourth-order valence-corrected chi connectivity index (χ4v) is 2.62. The molecule has 0 radical (unpaired) electrons. The molecule has 2 amide bonds. The van der Waals surface area contributed by atoms with Gasteiger partial charge in [0, 0.05) is 25.0 Å². The van der Waals surface area contributed by atoms with E-state index in [0.29, 0.717) is 5.92 Å². The van der Waals surface area contributed by atoms with Crippen molar-refractivity contribution in [1.82, 2.24) is 25.4 Å². The van der Waals surface area contributed by atoms with Crippen LogP contribution in [0.4, 0.5) is 0 Å². The van der Waals surface area contributed by atoms with Gasteiger partial charge in [-0.3, -0.25) is 19.6 Å². The van der Waals surface area contributed by atoms with Gasteiger partial charge >= 0.3 is 0 Å². The largest absolute Gasteiger partial charge is 0.369 e. The molecule has 1 aliphatic carbocycles. The molecule has 0 unspecified atom stereocenters. The maximum Gasteiger partial charge on any atom is 0.291 e. The topological polar surface area (TPSA) is 117 Å². The van der Waals surface area contributed by atoms with Crippen molar-refractivity contribution in [1.29, 1.82) is 0 Å². The van der Waals surface area contributed by atoms with Gasteiger partial charge in [0.2, 0.25) is 11.7 Å². The molecule has 1 aliphatic heterocycles. The van der Waals surface area contributed by atoms with Gasteiger partial charge in [-0.05, 0) is 25.7 Å². The van der Waals surface area contributed by atoms with Gasteiger partial charge in [-0.2, -0.15) is 0 Å². The highest BCUT2D eigenvalue weighted by molar-refractivity contribution is 5.90. The lowest BCUT2D eigenvalue weighted by Gasteiger charge is -2.31. The summed E-state index contributed by atoms with van der Waals surface area (Å²) in [6.07, 6.45) is 3.85. The summed E-state index contributed by atoms with van der Waals surface area (Å²) in [6.45, 7) is 1.80. The van der Waals surface area contributed by atoms with Crippen LogP contribution in [-0.4, -0.2) is 57.6 Å². The molecule has 2 heterocycles. The van der Waals surface area contributed by atoms with Crippen LogP contribution in [0.3, 0.4) is 0 Å². The first kappa shape index (κ1) is 14.0. The van der Waals surface area contributed by atoms with E-state index in [1.807, 2.05) is 4.90 Å². The van der Waals surface area contributed by atoms with E-state index in [1.165, 1.54) is 0 Å². The van der Waals surface area contributed by atoms with Gasteiger partial charge in [-0.25, -0.2) is 4.98 Å². The van der Waals surface area contributed by atoms with E-state index in [1.54, 1.807) is 0 Å². The highest BCUT2D eigenvalue weighted by Gasteiger charge is 2.29. The summed E-state index contributed by atoms with van der Waals surface area (Å²) >= 11 is 0. The van der Waals surface area contributed by atoms with E-state index in [2.05, 4.69) is 20.5 Å². The maximum atomic E-state index is 12.1. The fourth-order valence-electron chi connectivity index (χ4n) is 2.62. The maximum absolute atomic E-state index is 12.1. The van der Waals surface area contributed by atoms with Crippen LogP contribution < -0.4 is 11.1 Å². The lowest BCUT2D eigenvalue weighted by Crippen LogP contribution is -2.46. The second kappa shape index (κ2) is 5.80. The van der Waals surface area contributed by atoms with Crippen LogP contribution >= 0.6 is 0 Å². The average Bonchev–Trinajstić information content (AvgIpc) is 3.18. The van der Waals surface area contributed by atoms with Crippen molar-refractivity contribution >= 4 is 11.8 Å². The van der Waals surface area contributed by atoms with E-state index < -0.39 is 0 Å². The van der Waals surface area contributed by atoms with Crippen LogP contribution in [0.1, 0.15) is 48.0 Å². The monoisotopic (exact) mass is 292 g/mol. The molecule has 4 N–H and O–H groups in total. The van der Waals surface area contributed by atoms with Gasteiger partial charge in [0.15, 0.2) is 0 Å². The van der Waals surface area contributed by atoms with Crippen molar-refractivity contribution < 1.29 is 9.59 Å². The Morgan fingerprint density at radius 3 is 2.62 bits per heavy atom. The van der Waals surface area contributed by atoms with Gasteiger partial charge in [-0.1, -0.05) is 0 Å². The zero-order valence-corrected chi connectivity index (χ0v) is 11.8.